The molecule has 0 fully saturated rings. The summed E-state index contributed by atoms with van der Waals surface area (Å²) in [6.45, 7) is 0. The summed E-state index contributed by atoms with van der Waals surface area (Å²) in [5.41, 5.74) is 4.48. The number of fused-ring (bicyclic) bond motifs is 2. The standard InChI is InChI=1S/C24H18O2/c1-2-8-18(9-3-1)16-21-17-20-11-5-7-13-23(20)26-24(21)15-14-19-10-4-6-12-22(19)25-24/h1-15,17H,16H2. The monoisotopic (exact) mass is 338 g/mol. The molecule has 0 aromatic heterocycles. The molecule has 2 heterocycles. The fourth-order valence-corrected chi connectivity index (χ4v) is 3.54. The lowest BCUT2D eigenvalue weighted by Gasteiger charge is -2.39. The van der Waals surface area contributed by atoms with E-state index in [2.05, 4.69) is 48.6 Å². The zero-order chi connectivity index (χ0) is 17.4. The van der Waals surface area contributed by atoms with Gasteiger partial charge in [-0.3, -0.25) is 0 Å². The molecule has 3 aromatic rings. The Hall–Kier alpha value is -3.26. The zero-order valence-electron chi connectivity index (χ0n) is 14.3. The maximum absolute atomic E-state index is 6.42. The van der Waals surface area contributed by atoms with Crippen LogP contribution in [0.2, 0.25) is 0 Å². The Labute approximate surface area is 153 Å². The van der Waals surface area contributed by atoms with Crippen LogP contribution in [0.15, 0.2) is 90.5 Å². The van der Waals surface area contributed by atoms with E-state index in [0.29, 0.717) is 0 Å². The first kappa shape index (κ1) is 15.0. The van der Waals surface area contributed by atoms with Gasteiger partial charge in [-0.1, -0.05) is 66.7 Å². The van der Waals surface area contributed by atoms with Crippen molar-refractivity contribution >= 4 is 12.2 Å². The summed E-state index contributed by atoms with van der Waals surface area (Å²) < 4.78 is 12.8. The highest BCUT2D eigenvalue weighted by Gasteiger charge is 2.42. The van der Waals surface area contributed by atoms with Crippen molar-refractivity contribution in [2.45, 2.75) is 12.2 Å². The van der Waals surface area contributed by atoms with Gasteiger partial charge in [-0.05, 0) is 29.8 Å². The van der Waals surface area contributed by atoms with Crippen LogP contribution in [0.4, 0.5) is 0 Å². The van der Waals surface area contributed by atoms with E-state index in [0.717, 1.165) is 34.6 Å². The first-order chi connectivity index (χ1) is 12.8. The Bertz CT molecular complexity index is 1010. The van der Waals surface area contributed by atoms with Crippen LogP contribution in [-0.4, -0.2) is 5.79 Å². The molecule has 1 atom stereocenters. The second-order valence-electron chi connectivity index (χ2n) is 6.61. The van der Waals surface area contributed by atoms with Crippen molar-refractivity contribution in [1.29, 1.82) is 0 Å². The van der Waals surface area contributed by atoms with E-state index in [-0.39, 0.29) is 0 Å². The summed E-state index contributed by atoms with van der Waals surface area (Å²) in [6.07, 6.45) is 7.08. The van der Waals surface area contributed by atoms with Crippen LogP contribution in [0.25, 0.3) is 12.2 Å². The average molecular weight is 338 g/mol. The second kappa shape index (κ2) is 5.92. The van der Waals surface area contributed by atoms with E-state index < -0.39 is 5.79 Å². The van der Waals surface area contributed by atoms with Crippen LogP contribution in [0, 0.1) is 0 Å². The lowest BCUT2D eigenvalue weighted by Crippen LogP contribution is -2.46. The molecule has 0 bridgehead atoms. The van der Waals surface area contributed by atoms with Gasteiger partial charge in [0.1, 0.15) is 11.5 Å². The minimum absolute atomic E-state index is 0.766. The topological polar surface area (TPSA) is 18.5 Å². The Balaban J connectivity index is 1.62. The normalized spacial score (nSPS) is 19.8. The van der Waals surface area contributed by atoms with Gasteiger partial charge in [-0.25, -0.2) is 0 Å². The van der Waals surface area contributed by atoms with E-state index in [9.17, 15) is 0 Å². The molecule has 26 heavy (non-hydrogen) atoms. The summed E-state index contributed by atoms with van der Waals surface area (Å²) in [6, 6.07) is 26.6. The van der Waals surface area contributed by atoms with Crippen LogP contribution < -0.4 is 9.47 Å². The summed E-state index contributed by atoms with van der Waals surface area (Å²) >= 11 is 0. The van der Waals surface area contributed by atoms with Crippen molar-refractivity contribution in [3.8, 4) is 11.5 Å². The van der Waals surface area contributed by atoms with Gasteiger partial charge in [0.25, 0.3) is 5.79 Å². The summed E-state index contributed by atoms with van der Waals surface area (Å²) in [5, 5.41) is 0. The third-order valence-corrected chi connectivity index (χ3v) is 4.86. The van der Waals surface area contributed by atoms with Crippen LogP contribution in [-0.2, 0) is 6.42 Å². The molecule has 0 amide bonds. The molecule has 0 radical (unpaired) electrons. The maximum Gasteiger partial charge on any atom is 0.295 e. The van der Waals surface area contributed by atoms with E-state index in [4.69, 9.17) is 9.47 Å². The van der Waals surface area contributed by atoms with Crippen LogP contribution in [0.3, 0.4) is 0 Å². The first-order valence-corrected chi connectivity index (χ1v) is 8.83. The quantitative estimate of drug-likeness (QED) is 0.613. The van der Waals surface area contributed by atoms with Crippen LogP contribution in [0.5, 0.6) is 11.5 Å². The number of hydrogen-bond acceptors (Lipinski definition) is 2. The SMILES string of the molecule is C1=CC2(Oc3ccccc31)Oc1ccccc1C=C2Cc1ccccc1. The molecule has 0 aliphatic carbocycles. The van der Waals surface area contributed by atoms with Gasteiger partial charge in [0, 0.05) is 29.2 Å². The van der Waals surface area contributed by atoms with E-state index in [1.54, 1.807) is 0 Å². The summed E-state index contributed by atoms with van der Waals surface area (Å²) in [4.78, 5) is 0. The Morgan fingerprint density at radius 2 is 1.27 bits per heavy atom. The summed E-state index contributed by atoms with van der Waals surface area (Å²) in [7, 11) is 0. The molecule has 0 saturated carbocycles. The molecule has 2 nitrogen and oxygen atoms in total. The fourth-order valence-electron chi connectivity index (χ4n) is 3.54. The van der Waals surface area contributed by atoms with Gasteiger partial charge in [-0.15, -0.1) is 0 Å². The molecule has 1 spiro atoms. The molecule has 2 aliphatic rings. The van der Waals surface area contributed by atoms with Gasteiger partial charge in [0.2, 0.25) is 0 Å². The molecule has 0 saturated heterocycles. The third kappa shape index (κ3) is 2.51. The molecule has 1 unspecified atom stereocenters. The van der Waals surface area contributed by atoms with Crippen molar-refractivity contribution in [2.24, 2.45) is 0 Å². The third-order valence-electron chi connectivity index (χ3n) is 4.86. The fraction of sp³-hybridized carbons (Fsp3) is 0.0833. The molecule has 5 rings (SSSR count). The van der Waals surface area contributed by atoms with Gasteiger partial charge in [-0.2, -0.15) is 0 Å². The van der Waals surface area contributed by atoms with Crippen molar-refractivity contribution in [3.05, 3.63) is 107 Å². The predicted octanol–water partition coefficient (Wildman–Crippen LogP) is 5.51. The smallest absolute Gasteiger partial charge is 0.295 e. The second-order valence-corrected chi connectivity index (χ2v) is 6.61. The zero-order valence-corrected chi connectivity index (χ0v) is 14.3. The molecular weight excluding hydrogens is 320 g/mol. The highest BCUT2D eigenvalue weighted by atomic mass is 16.7. The number of para-hydroxylation sites is 2. The Kier molecular flexibility index (Phi) is 3.42. The molecule has 126 valence electrons. The van der Waals surface area contributed by atoms with Crippen LogP contribution >= 0.6 is 0 Å². The van der Waals surface area contributed by atoms with E-state index >= 15 is 0 Å². The Morgan fingerprint density at radius 3 is 2.04 bits per heavy atom. The van der Waals surface area contributed by atoms with Crippen molar-refractivity contribution in [2.75, 3.05) is 0 Å². The highest BCUT2D eigenvalue weighted by Crippen LogP contribution is 2.42. The highest BCUT2D eigenvalue weighted by molar-refractivity contribution is 5.69. The van der Waals surface area contributed by atoms with Crippen LogP contribution in [0.1, 0.15) is 16.7 Å². The number of rotatable bonds is 2. The van der Waals surface area contributed by atoms with Crippen molar-refractivity contribution < 1.29 is 9.47 Å². The largest absolute Gasteiger partial charge is 0.444 e. The Morgan fingerprint density at radius 1 is 0.654 bits per heavy atom. The van der Waals surface area contributed by atoms with E-state index in [1.807, 2.05) is 48.5 Å². The van der Waals surface area contributed by atoms with E-state index in [1.165, 1.54) is 5.56 Å². The van der Waals surface area contributed by atoms with Gasteiger partial charge >= 0.3 is 0 Å². The molecule has 3 aromatic carbocycles. The minimum atomic E-state index is -0.904. The summed E-state index contributed by atoms with van der Waals surface area (Å²) in [5.74, 6) is 0.778. The molecular formula is C24H18O2. The van der Waals surface area contributed by atoms with Gasteiger partial charge in [0.05, 0.1) is 0 Å². The number of benzene rings is 3. The lowest BCUT2D eigenvalue weighted by atomic mass is 9.90. The molecule has 2 heteroatoms. The predicted molar refractivity (Wildman–Crippen MR) is 104 cm³/mol. The maximum atomic E-state index is 6.42. The first-order valence-electron chi connectivity index (χ1n) is 8.83. The molecule has 0 N–H and O–H groups in total. The van der Waals surface area contributed by atoms with Crippen molar-refractivity contribution in [1.82, 2.24) is 0 Å². The average Bonchev–Trinajstić information content (AvgIpc) is 2.69. The van der Waals surface area contributed by atoms with Gasteiger partial charge < -0.3 is 9.47 Å². The van der Waals surface area contributed by atoms with Gasteiger partial charge in [0.15, 0.2) is 0 Å². The minimum Gasteiger partial charge on any atom is -0.444 e. The lowest BCUT2D eigenvalue weighted by molar-refractivity contribution is -0.0428. The van der Waals surface area contributed by atoms with Crippen molar-refractivity contribution in [3.63, 3.8) is 0 Å². The number of hydrogen-bond donors (Lipinski definition) is 0. The number of ether oxygens (including phenoxy) is 2. The molecule has 2 aliphatic heterocycles.